The first kappa shape index (κ1) is 30.0. The van der Waals surface area contributed by atoms with Crippen molar-refractivity contribution < 1.29 is 35.1 Å². The Labute approximate surface area is 188 Å². The number of allylic oxidation sites excluding steroid dienone is 2. The lowest BCUT2D eigenvalue weighted by Gasteiger charge is -2.25. The lowest BCUT2D eigenvalue weighted by Crippen LogP contribution is -2.47. The van der Waals surface area contributed by atoms with Crippen molar-refractivity contribution in [2.24, 2.45) is 0 Å². The maximum Gasteiger partial charge on any atom is 0.305 e. The van der Waals surface area contributed by atoms with E-state index in [1.54, 1.807) is 0 Å². The summed E-state index contributed by atoms with van der Waals surface area (Å²) in [5, 5.41) is 46.8. The number of hydrogen-bond donors (Lipinski definition) is 5. The molecule has 0 aliphatic rings. The molecule has 0 aliphatic carbocycles. The highest BCUT2D eigenvalue weighted by Crippen LogP contribution is 2.11. The molecule has 0 aromatic heterocycles. The molecule has 0 radical (unpaired) electrons. The number of unbranched alkanes of at least 4 members (excludes halogenated alkanes) is 11. The fourth-order valence-electron chi connectivity index (χ4n) is 3.25. The number of aliphatic hydroxyl groups is 5. The number of hydrogen-bond acceptors (Lipinski definition) is 7. The molecule has 7 heteroatoms. The summed E-state index contributed by atoms with van der Waals surface area (Å²) >= 11 is 0. The van der Waals surface area contributed by atoms with Crippen molar-refractivity contribution in [3.05, 3.63) is 12.2 Å². The first-order valence-electron chi connectivity index (χ1n) is 12.1. The van der Waals surface area contributed by atoms with Crippen LogP contribution in [0.4, 0.5) is 0 Å². The van der Waals surface area contributed by atoms with E-state index in [4.69, 9.17) is 9.84 Å². The number of esters is 1. The van der Waals surface area contributed by atoms with Gasteiger partial charge in [-0.05, 0) is 32.1 Å². The molecule has 0 spiro atoms. The van der Waals surface area contributed by atoms with E-state index in [9.17, 15) is 25.2 Å². The molecule has 0 heterocycles. The van der Waals surface area contributed by atoms with Crippen LogP contribution in [0.2, 0.25) is 0 Å². The lowest BCUT2D eigenvalue weighted by molar-refractivity contribution is -0.156. The first-order valence-corrected chi connectivity index (χ1v) is 12.1. The van der Waals surface area contributed by atoms with E-state index in [0.717, 1.165) is 32.1 Å². The van der Waals surface area contributed by atoms with Gasteiger partial charge in [-0.2, -0.15) is 0 Å². The zero-order chi connectivity index (χ0) is 23.3. The van der Waals surface area contributed by atoms with Gasteiger partial charge < -0.3 is 30.3 Å². The van der Waals surface area contributed by atoms with Crippen molar-refractivity contribution in [1.29, 1.82) is 0 Å². The second-order valence-electron chi connectivity index (χ2n) is 8.32. The molecule has 5 N–H and O–H groups in total. The molecule has 0 aliphatic heterocycles. The Kier molecular flexibility index (Phi) is 20.2. The largest absolute Gasteiger partial charge is 0.463 e. The molecule has 0 aromatic rings. The van der Waals surface area contributed by atoms with Gasteiger partial charge in [0.25, 0.3) is 0 Å². The van der Waals surface area contributed by atoms with Gasteiger partial charge in [-0.15, -0.1) is 0 Å². The third-order valence-corrected chi connectivity index (χ3v) is 5.38. The predicted octanol–water partition coefficient (Wildman–Crippen LogP) is 3.00. The molecule has 4 atom stereocenters. The van der Waals surface area contributed by atoms with Gasteiger partial charge in [0.05, 0.1) is 6.61 Å². The van der Waals surface area contributed by atoms with Crippen LogP contribution in [-0.2, 0) is 9.53 Å². The summed E-state index contributed by atoms with van der Waals surface area (Å²) in [6, 6.07) is 0. The summed E-state index contributed by atoms with van der Waals surface area (Å²) in [6.45, 7) is 1.02. The van der Waals surface area contributed by atoms with Gasteiger partial charge in [-0.25, -0.2) is 0 Å². The van der Waals surface area contributed by atoms with Crippen molar-refractivity contribution in [1.82, 2.24) is 0 Å². The highest BCUT2D eigenvalue weighted by Gasteiger charge is 2.30. The molecular weight excluding hydrogens is 400 g/mol. The summed E-state index contributed by atoms with van der Waals surface area (Å²) in [4.78, 5) is 11.7. The topological polar surface area (TPSA) is 127 Å². The quantitative estimate of drug-likeness (QED) is 0.104. The fraction of sp³-hybridized carbons (Fsp3) is 0.875. The van der Waals surface area contributed by atoms with E-state index in [2.05, 4.69) is 19.1 Å². The van der Waals surface area contributed by atoms with Crippen LogP contribution < -0.4 is 0 Å². The number of rotatable bonds is 21. The van der Waals surface area contributed by atoms with E-state index >= 15 is 0 Å². The Hall–Kier alpha value is -0.990. The monoisotopic (exact) mass is 446 g/mol. The van der Waals surface area contributed by atoms with Gasteiger partial charge >= 0.3 is 5.97 Å². The van der Waals surface area contributed by atoms with Crippen molar-refractivity contribution in [3.63, 3.8) is 0 Å². The summed E-state index contributed by atoms with van der Waals surface area (Å²) in [7, 11) is 0. The second kappa shape index (κ2) is 20.9. The molecule has 0 saturated carbocycles. The number of carbonyl (C=O) groups is 1. The second-order valence-corrected chi connectivity index (χ2v) is 8.32. The van der Waals surface area contributed by atoms with Gasteiger partial charge in [0.2, 0.25) is 0 Å². The van der Waals surface area contributed by atoms with Gasteiger partial charge in [-0.3, -0.25) is 4.79 Å². The highest BCUT2D eigenvalue weighted by atomic mass is 16.5. The minimum Gasteiger partial charge on any atom is -0.463 e. The Morgan fingerprint density at radius 3 is 1.77 bits per heavy atom. The maximum atomic E-state index is 11.7. The first-order chi connectivity index (χ1) is 14.9. The molecule has 0 bridgehead atoms. The molecule has 31 heavy (non-hydrogen) atoms. The number of aliphatic hydroxyl groups excluding tert-OH is 5. The van der Waals surface area contributed by atoms with Crippen LogP contribution in [0.25, 0.3) is 0 Å². The summed E-state index contributed by atoms with van der Waals surface area (Å²) < 4.78 is 4.89. The standard InChI is InChI=1S/C24H46O7/c1-2-3-4-5-6-7-8-9-10-11-12-13-14-15-16-17-22(28)31-19-21(27)24(30)23(29)20(26)18-25/h9-10,20-21,23-27,29-30H,2-8,11-19H2,1H3/b10-9-/t20-,21-,23-,24-/m1/s1. The smallest absolute Gasteiger partial charge is 0.305 e. The van der Waals surface area contributed by atoms with Gasteiger partial charge in [0.1, 0.15) is 31.0 Å². The van der Waals surface area contributed by atoms with Crippen LogP contribution in [0.3, 0.4) is 0 Å². The summed E-state index contributed by atoms with van der Waals surface area (Å²) in [5.74, 6) is -0.471. The average molecular weight is 447 g/mol. The average Bonchev–Trinajstić information content (AvgIpc) is 2.78. The van der Waals surface area contributed by atoms with Crippen LogP contribution in [-0.4, -0.2) is 69.1 Å². The Balaban J connectivity index is 3.55. The van der Waals surface area contributed by atoms with Crippen LogP contribution in [0.15, 0.2) is 12.2 Å². The zero-order valence-electron chi connectivity index (χ0n) is 19.3. The minimum atomic E-state index is -1.72. The Bertz CT molecular complexity index is 442. The summed E-state index contributed by atoms with van der Waals surface area (Å²) in [5.41, 5.74) is 0. The maximum absolute atomic E-state index is 11.7. The van der Waals surface area contributed by atoms with Gasteiger partial charge in [0, 0.05) is 6.42 Å². The summed E-state index contributed by atoms with van der Waals surface area (Å²) in [6.07, 6.45) is 13.5. The molecule has 0 amide bonds. The SMILES string of the molecule is CCCCCCCC/C=C\CCCCCCCC(=O)OC[C@@H](O)[C@@H](O)[C@H](O)[C@H](O)CO. The number of ether oxygens (including phenoxy) is 1. The van der Waals surface area contributed by atoms with Crippen molar-refractivity contribution in [2.45, 2.75) is 121 Å². The molecule has 0 fully saturated rings. The van der Waals surface area contributed by atoms with E-state index in [-0.39, 0.29) is 6.42 Å². The predicted molar refractivity (Wildman–Crippen MR) is 122 cm³/mol. The van der Waals surface area contributed by atoms with Gasteiger partial charge in [0.15, 0.2) is 0 Å². The Morgan fingerprint density at radius 1 is 0.742 bits per heavy atom. The van der Waals surface area contributed by atoms with E-state index in [1.165, 1.54) is 44.9 Å². The van der Waals surface area contributed by atoms with Crippen molar-refractivity contribution in [3.8, 4) is 0 Å². The third-order valence-electron chi connectivity index (χ3n) is 5.38. The van der Waals surface area contributed by atoms with Crippen LogP contribution in [0.5, 0.6) is 0 Å². The van der Waals surface area contributed by atoms with E-state index in [1.807, 2.05) is 0 Å². The minimum absolute atomic E-state index is 0.239. The molecule has 0 unspecified atom stereocenters. The molecule has 7 nitrogen and oxygen atoms in total. The van der Waals surface area contributed by atoms with Crippen LogP contribution in [0, 0.1) is 0 Å². The van der Waals surface area contributed by atoms with E-state index in [0.29, 0.717) is 6.42 Å². The fourth-order valence-corrected chi connectivity index (χ4v) is 3.25. The van der Waals surface area contributed by atoms with Crippen molar-refractivity contribution in [2.75, 3.05) is 13.2 Å². The van der Waals surface area contributed by atoms with Crippen LogP contribution >= 0.6 is 0 Å². The Morgan fingerprint density at radius 2 is 1.23 bits per heavy atom. The number of carbonyl (C=O) groups excluding carboxylic acids is 1. The van der Waals surface area contributed by atoms with Crippen LogP contribution in [0.1, 0.15) is 96.8 Å². The lowest BCUT2D eigenvalue weighted by atomic mass is 10.0. The molecule has 0 rings (SSSR count). The van der Waals surface area contributed by atoms with Gasteiger partial charge in [-0.1, -0.05) is 70.4 Å². The molecule has 0 aromatic carbocycles. The normalized spacial score (nSPS) is 15.7. The molecule has 0 saturated heterocycles. The zero-order valence-corrected chi connectivity index (χ0v) is 19.3. The third kappa shape index (κ3) is 17.3. The highest BCUT2D eigenvalue weighted by molar-refractivity contribution is 5.69. The van der Waals surface area contributed by atoms with E-state index < -0.39 is 43.6 Å². The van der Waals surface area contributed by atoms with Crippen molar-refractivity contribution >= 4 is 5.97 Å². The molecular formula is C24H46O7. The molecule has 184 valence electrons.